The summed E-state index contributed by atoms with van der Waals surface area (Å²) in [6.45, 7) is 3.66. The summed E-state index contributed by atoms with van der Waals surface area (Å²) in [6.07, 6.45) is 3.63. The van der Waals surface area contributed by atoms with Gasteiger partial charge in [-0.05, 0) is 30.4 Å². The van der Waals surface area contributed by atoms with Gasteiger partial charge in [-0.25, -0.2) is 0 Å². The van der Waals surface area contributed by atoms with Crippen molar-refractivity contribution in [3.8, 4) is 0 Å². The predicted octanol–water partition coefficient (Wildman–Crippen LogP) is 1.74. The van der Waals surface area contributed by atoms with Crippen LogP contribution < -0.4 is 5.73 Å². The summed E-state index contributed by atoms with van der Waals surface area (Å²) in [4.78, 5) is 14.1. The quantitative estimate of drug-likeness (QED) is 0.883. The van der Waals surface area contributed by atoms with Gasteiger partial charge in [0.25, 0.3) is 0 Å². The average molecular weight is 246 g/mol. The lowest BCUT2D eigenvalue weighted by Gasteiger charge is -2.23. The molecule has 1 aliphatic heterocycles. The minimum absolute atomic E-state index is 0.115. The van der Waals surface area contributed by atoms with Crippen LogP contribution in [0.5, 0.6) is 0 Å². The summed E-state index contributed by atoms with van der Waals surface area (Å²) in [5.74, 6) is 0.115. The molecule has 0 saturated carbocycles. The zero-order valence-corrected chi connectivity index (χ0v) is 11.1. The molecule has 0 spiro atoms. The largest absolute Gasteiger partial charge is 0.341 e. The minimum Gasteiger partial charge on any atom is -0.341 e. The van der Waals surface area contributed by atoms with Crippen molar-refractivity contribution in [1.29, 1.82) is 0 Å². The van der Waals surface area contributed by atoms with Gasteiger partial charge in [-0.15, -0.1) is 0 Å². The molecule has 1 unspecified atom stereocenters. The number of rotatable bonds is 3. The van der Waals surface area contributed by atoms with Crippen molar-refractivity contribution in [2.75, 3.05) is 13.1 Å². The lowest BCUT2D eigenvalue weighted by atomic mass is 10.0. The number of nitrogens with two attached hydrogens (primary N) is 1. The predicted molar refractivity (Wildman–Crippen MR) is 73.3 cm³/mol. The van der Waals surface area contributed by atoms with E-state index in [1.807, 2.05) is 4.90 Å². The number of benzene rings is 1. The van der Waals surface area contributed by atoms with E-state index in [0.29, 0.717) is 0 Å². The molecule has 1 atom stereocenters. The van der Waals surface area contributed by atoms with E-state index in [1.165, 1.54) is 11.1 Å². The van der Waals surface area contributed by atoms with Crippen LogP contribution in [0.15, 0.2) is 24.3 Å². The third kappa shape index (κ3) is 2.91. The molecule has 0 aliphatic carbocycles. The lowest BCUT2D eigenvalue weighted by Crippen LogP contribution is -2.44. The van der Waals surface area contributed by atoms with Crippen molar-refractivity contribution in [2.24, 2.45) is 5.73 Å². The van der Waals surface area contributed by atoms with Crippen molar-refractivity contribution in [1.82, 2.24) is 4.90 Å². The summed E-state index contributed by atoms with van der Waals surface area (Å²) >= 11 is 0. The molecule has 2 rings (SSSR count). The van der Waals surface area contributed by atoms with Crippen LogP contribution in [0, 0.1) is 0 Å². The van der Waals surface area contributed by atoms with Crippen LogP contribution in [-0.4, -0.2) is 29.9 Å². The first-order valence-electron chi connectivity index (χ1n) is 6.83. The molecule has 0 radical (unpaired) electrons. The SMILES string of the molecule is CCCC(N)C(=O)N1CCc2ccccc2CC1. The van der Waals surface area contributed by atoms with Crippen molar-refractivity contribution in [2.45, 2.75) is 38.6 Å². The Balaban J connectivity index is 2.01. The molecule has 18 heavy (non-hydrogen) atoms. The van der Waals surface area contributed by atoms with E-state index in [2.05, 4.69) is 31.2 Å². The maximum atomic E-state index is 12.2. The van der Waals surface area contributed by atoms with Gasteiger partial charge in [-0.3, -0.25) is 4.79 Å². The standard InChI is InChI=1S/C15H22N2O/c1-2-5-14(16)15(18)17-10-8-12-6-3-4-7-13(12)9-11-17/h3-4,6-7,14H,2,5,8-11,16H2,1H3. The van der Waals surface area contributed by atoms with Crippen molar-refractivity contribution < 1.29 is 4.79 Å². The number of hydrogen-bond donors (Lipinski definition) is 1. The Kier molecular flexibility index (Phi) is 4.37. The molecule has 0 aromatic heterocycles. The normalized spacial score (nSPS) is 16.9. The van der Waals surface area contributed by atoms with Crippen molar-refractivity contribution >= 4 is 5.91 Å². The molecule has 3 nitrogen and oxygen atoms in total. The van der Waals surface area contributed by atoms with Crippen LogP contribution in [0.3, 0.4) is 0 Å². The zero-order chi connectivity index (χ0) is 13.0. The summed E-state index contributed by atoms with van der Waals surface area (Å²) < 4.78 is 0. The van der Waals surface area contributed by atoms with Gasteiger partial charge in [-0.2, -0.15) is 0 Å². The van der Waals surface area contributed by atoms with Crippen LogP contribution in [0.1, 0.15) is 30.9 Å². The molecular weight excluding hydrogens is 224 g/mol. The Morgan fingerprint density at radius 1 is 1.28 bits per heavy atom. The molecular formula is C15H22N2O. The molecule has 1 amide bonds. The van der Waals surface area contributed by atoms with E-state index in [1.54, 1.807) is 0 Å². The van der Waals surface area contributed by atoms with E-state index < -0.39 is 0 Å². The molecule has 98 valence electrons. The van der Waals surface area contributed by atoms with Gasteiger partial charge in [0.05, 0.1) is 6.04 Å². The van der Waals surface area contributed by atoms with Crippen LogP contribution >= 0.6 is 0 Å². The molecule has 3 heteroatoms. The second kappa shape index (κ2) is 6.01. The number of amides is 1. The first-order valence-corrected chi connectivity index (χ1v) is 6.83. The first-order chi connectivity index (χ1) is 8.72. The highest BCUT2D eigenvalue weighted by Crippen LogP contribution is 2.16. The van der Waals surface area contributed by atoms with E-state index in [0.717, 1.165) is 38.8 Å². The summed E-state index contributed by atoms with van der Waals surface area (Å²) in [7, 11) is 0. The fourth-order valence-electron chi connectivity index (χ4n) is 2.56. The topological polar surface area (TPSA) is 46.3 Å². The Morgan fingerprint density at radius 3 is 2.33 bits per heavy atom. The first kappa shape index (κ1) is 13.1. The minimum atomic E-state index is -0.323. The van der Waals surface area contributed by atoms with Gasteiger partial charge < -0.3 is 10.6 Å². The van der Waals surface area contributed by atoms with Gasteiger partial charge in [0, 0.05) is 13.1 Å². The van der Waals surface area contributed by atoms with Crippen molar-refractivity contribution in [3.05, 3.63) is 35.4 Å². The van der Waals surface area contributed by atoms with E-state index >= 15 is 0 Å². The third-order valence-corrected chi connectivity index (χ3v) is 3.65. The Labute approximate surface area is 109 Å². The van der Waals surface area contributed by atoms with Gasteiger partial charge in [0.1, 0.15) is 0 Å². The second-order valence-corrected chi connectivity index (χ2v) is 4.99. The Morgan fingerprint density at radius 2 is 1.83 bits per heavy atom. The highest BCUT2D eigenvalue weighted by molar-refractivity contribution is 5.81. The molecule has 0 fully saturated rings. The second-order valence-electron chi connectivity index (χ2n) is 4.99. The van der Waals surface area contributed by atoms with E-state index in [-0.39, 0.29) is 11.9 Å². The monoisotopic (exact) mass is 246 g/mol. The Hall–Kier alpha value is -1.35. The molecule has 0 bridgehead atoms. The molecule has 1 aliphatic rings. The lowest BCUT2D eigenvalue weighted by molar-refractivity contribution is -0.132. The summed E-state index contributed by atoms with van der Waals surface area (Å²) in [6, 6.07) is 8.14. The van der Waals surface area contributed by atoms with Crippen LogP contribution in [-0.2, 0) is 17.6 Å². The fourth-order valence-corrected chi connectivity index (χ4v) is 2.56. The fraction of sp³-hybridized carbons (Fsp3) is 0.533. The molecule has 1 heterocycles. The Bertz CT molecular complexity index is 390. The number of hydrogen-bond acceptors (Lipinski definition) is 2. The van der Waals surface area contributed by atoms with Gasteiger partial charge in [-0.1, -0.05) is 37.6 Å². The number of fused-ring (bicyclic) bond motifs is 1. The van der Waals surface area contributed by atoms with Crippen molar-refractivity contribution in [3.63, 3.8) is 0 Å². The maximum absolute atomic E-state index is 12.2. The highest BCUT2D eigenvalue weighted by Gasteiger charge is 2.22. The maximum Gasteiger partial charge on any atom is 0.239 e. The number of carbonyl (C=O) groups excluding carboxylic acids is 1. The van der Waals surface area contributed by atoms with E-state index in [9.17, 15) is 4.79 Å². The van der Waals surface area contributed by atoms with Crippen LogP contribution in [0.2, 0.25) is 0 Å². The molecule has 1 aromatic carbocycles. The average Bonchev–Trinajstić information content (AvgIpc) is 2.60. The van der Waals surface area contributed by atoms with Gasteiger partial charge >= 0.3 is 0 Å². The van der Waals surface area contributed by atoms with E-state index in [4.69, 9.17) is 5.73 Å². The molecule has 0 saturated heterocycles. The zero-order valence-electron chi connectivity index (χ0n) is 11.1. The smallest absolute Gasteiger partial charge is 0.239 e. The summed E-state index contributed by atoms with van der Waals surface area (Å²) in [5, 5.41) is 0. The highest BCUT2D eigenvalue weighted by atomic mass is 16.2. The molecule has 2 N–H and O–H groups in total. The molecule has 1 aromatic rings. The van der Waals surface area contributed by atoms with Crippen LogP contribution in [0.25, 0.3) is 0 Å². The number of nitrogens with zero attached hydrogens (tertiary/aromatic N) is 1. The summed E-state index contributed by atoms with van der Waals surface area (Å²) in [5.41, 5.74) is 8.67. The van der Waals surface area contributed by atoms with Crippen LogP contribution in [0.4, 0.5) is 0 Å². The van der Waals surface area contributed by atoms with Gasteiger partial charge in [0.15, 0.2) is 0 Å². The third-order valence-electron chi connectivity index (χ3n) is 3.65. The number of carbonyl (C=O) groups is 1. The van der Waals surface area contributed by atoms with Gasteiger partial charge in [0.2, 0.25) is 5.91 Å².